The summed E-state index contributed by atoms with van der Waals surface area (Å²) in [6.45, 7) is 1.99. The summed E-state index contributed by atoms with van der Waals surface area (Å²) in [5.41, 5.74) is 0.386. The third-order valence-electron chi connectivity index (χ3n) is 3.88. The number of carbonyl (C=O) groups is 2. The van der Waals surface area contributed by atoms with Crippen LogP contribution in [-0.4, -0.2) is 63.0 Å². The molecule has 0 atom stereocenters. The van der Waals surface area contributed by atoms with Crippen molar-refractivity contribution in [2.45, 2.75) is 6.42 Å². The van der Waals surface area contributed by atoms with Gasteiger partial charge in [0.15, 0.2) is 0 Å². The van der Waals surface area contributed by atoms with Gasteiger partial charge in [0, 0.05) is 44.6 Å². The molecular formula is C16H17N5O3. The van der Waals surface area contributed by atoms with Gasteiger partial charge in [-0.3, -0.25) is 19.4 Å². The fourth-order valence-electron chi connectivity index (χ4n) is 2.62. The Morgan fingerprint density at radius 3 is 2.38 bits per heavy atom. The first-order valence-corrected chi connectivity index (χ1v) is 7.69. The van der Waals surface area contributed by atoms with Gasteiger partial charge in [0.1, 0.15) is 5.69 Å². The number of nitrogens with one attached hydrogen (secondary N) is 1. The largest absolute Gasteiger partial charge is 0.337 e. The lowest BCUT2D eigenvalue weighted by Crippen LogP contribution is -2.37. The van der Waals surface area contributed by atoms with Gasteiger partial charge in [0.05, 0.1) is 5.56 Å². The Balaban J connectivity index is 1.66. The van der Waals surface area contributed by atoms with E-state index in [1.54, 1.807) is 34.3 Å². The van der Waals surface area contributed by atoms with Crippen molar-refractivity contribution in [1.82, 2.24) is 25.0 Å². The van der Waals surface area contributed by atoms with Gasteiger partial charge in [-0.1, -0.05) is 0 Å². The van der Waals surface area contributed by atoms with Crippen molar-refractivity contribution in [3.05, 3.63) is 58.3 Å². The molecule has 3 heterocycles. The van der Waals surface area contributed by atoms with Crippen LogP contribution in [0.1, 0.15) is 27.3 Å². The van der Waals surface area contributed by atoms with E-state index in [1.165, 1.54) is 12.1 Å². The third-order valence-corrected chi connectivity index (χ3v) is 3.88. The molecule has 1 N–H and O–H groups in total. The molecule has 0 aliphatic carbocycles. The fraction of sp³-hybridized carbons (Fsp3) is 0.312. The van der Waals surface area contributed by atoms with Gasteiger partial charge >= 0.3 is 0 Å². The molecule has 3 rings (SSSR count). The highest BCUT2D eigenvalue weighted by molar-refractivity contribution is 5.94. The third kappa shape index (κ3) is 3.48. The molecule has 8 nitrogen and oxygen atoms in total. The van der Waals surface area contributed by atoms with E-state index in [0.717, 1.165) is 0 Å². The quantitative estimate of drug-likeness (QED) is 0.846. The smallest absolute Gasteiger partial charge is 0.274 e. The molecule has 124 valence electrons. The Morgan fingerprint density at radius 1 is 1.00 bits per heavy atom. The molecular weight excluding hydrogens is 310 g/mol. The van der Waals surface area contributed by atoms with Crippen LogP contribution in [0.5, 0.6) is 0 Å². The minimum absolute atomic E-state index is 0.0837. The summed E-state index contributed by atoms with van der Waals surface area (Å²) >= 11 is 0. The zero-order chi connectivity index (χ0) is 16.9. The fourth-order valence-corrected chi connectivity index (χ4v) is 2.62. The molecule has 1 aliphatic heterocycles. The van der Waals surface area contributed by atoms with E-state index in [0.29, 0.717) is 38.2 Å². The Kier molecular flexibility index (Phi) is 4.64. The summed E-state index contributed by atoms with van der Waals surface area (Å²) in [5.74, 6) is -0.332. The van der Waals surface area contributed by atoms with Crippen molar-refractivity contribution < 1.29 is 9.59 Å². The molecule has 0 unspecified atom stereocenters. The highest BCUT2D eigenvalue weighted by Crippen LogP contribution is 2.10. The number of amides is 2. The zero-order valence-corrected chi connectivity index (χ0v) is 13.0. The van der Waals surface area contributed by atoms with Crippen molar-refractivity contribution in [2.75, 3.05) is 26.2 Å². The lowest BCUT2D eigenvalue weighted by molar-refractivity contribution is 0.0714. The molecule has 1 aliphatic rings. The number of pyridine rings is 1. The monoisotopic (exact) mass is 327 g/mol. The van der Waals surface area contributed by atoms with E-state index in [9.17, 15) is 14.4 Å². The van der Waals surface area contributed by atoms with Crippen molar-refractivity contribution in [3.63, 3.8) is 0 Å². The normalized spacial score (nSPS) is 15.0. The SMILES string of the molecule is O=C(c1cccnc1)N1CCCN(C(=O)c2ccc(=O)[nH]n2)CC1. The second kappa shape index (κ2) is 7.03. The first kappa shape index (κ1) is 15.9. The van der Waals surface area contributed by atoms with Crippen LogP contribution in [0.4, 0.5) is 0 Å². The van der Waals surface area contributed by atoms with E-state index in [1.807, 2.05) is 0 Å². The van der Waals surface area contributed by atoms with Gasteiger partial charge in [-0.25, -0.2) is 5.10 Å². The second-order valence-corrected chi connectivity index (χ2v) is 5.49. The number of aromatic nitrogens is 3. The maximum absolute atomic E-state index is 12.5. The second-order valence-electron chi connectivity index (χ2n) is 5.49. The molecule has 0 saturated carbocycles. The van der Waals surface area contributed by atoms with Crippen LogP contribution in [0.15, 0.2) is 41.5 Å². The van der Waals surface area contributed by atoms with Crippen LogP contribution in [0.25, 0.3) is 0 Å². The van der Waals surface area contributed by atoms with Crippen LogP contribution in [0.3, 0.4) is 0 Å². The van der Waals surface area contributed by atoms with Crippen LogP contribution in [0.2, 0.25) is 0 Å². The van der Waals surface area contributed by atoms with Gasteiger partial charge in [0.25, 0.3) is 17.4 Å². The molecule has 2 aromatic heterocycles. The summed E-state index contributed by atoms with van der Waals surface area (Å²) in [7, 11) is 0. The highest BCUT2D eigenvalue weighted by Gasteiger charge is 2.24. The molecule has 1 saturated heterocycles. The lowest BCUT2D eigenvalue weighted by atomic mass is 10.2. The highest BCUT2D eigenvalue weighted by atomic mass is 16.2. The molecule has 8 heteroatoms. The Morgan fingerprint density at radius 2 is 1.75 bits per heavy atom. The molecule has 2 amide bonds. The average Bonchev–Trinajstić information content (AvgIpc) is 2.88. The van der Waals surface area contributed by atoms with Gasteiger partial charge in [-0.2, -0.15) is 5.10 Å². The number of hydrogen-bond donors (Lipinski definition) is 1. The summed E-state index contributed by atoms with van der Waals surface area (Å²) in [5, 5.41) is 6.03. The maximum atomic E-state index is 12.5. The molecule has 24 heavy (non-hydrogen) atoms. The molecule has 0 spiro atoms. The van der Waals surface area contributed by atoms with Crippen molar-refractivity contribution in [3.8, 4) is 0 Å². The Hall–Kier alpha value is -3.03. The molecule has 0 aromatic carbocycles. The van der Waals surface area contributed by atoms with Crippen LogP contribution in [0, 0.1) is 0 Å². The molecule has 0 radical (unpaired) electrons. The zero-order valence-electron chi connectivity index (χ0n) is 13.0. The van der Waals surface area contributed by atoms with Crippen LogP contribution < -0.4 is 5.56 Å². The molecule has 1 fully saturated rings. The van der Waals surface area contributed by atoms with E-state index >= 15 is 0 Å². The first-order chi connectivity index (χ1) is 11.6. The number of H-pyrrole nitrogens is 1. The van der Waals surface area contributed by atoms with Crippen LogP contribution >= 0.6 is 0 Å². The molecule has 2 aromatic rings. The number of hydrogen-bond acceptors (Lipinski definition) is 5. The van der Waals surface area contributed by atoms with Crippen molar-refractivity contribution in [2.24, 2.45) is 0 Å². The minimum atomic E-state index is -0.351. The minimum Gasteiger partial charge on any atom is -0.337 e. The Labute approximate surface area is 138 Å². The topological polar surface area (TPSA) is 99.3 Å². The van der Waals surface area contributed by atoms with Crippen LogP contribution in [-0.2, 0) is 0 Å². The van der Waals surface area contributed by atoms with E-state index < -0.39 is 0 Å². The predicted octanol–water partition coefficient (Wildman–Crippen LogP) is 0.153. The van der Waals surface area contributed by atoms with Crippen molar-refractivity contribution in [1.29, 1.82) is 0 Å². The lowest BCUT2D eigenvalue weighted by Gasteiger charge is -2.21. The Bertz CT molecular complexity index is 769. The average molecular weight is 327 g/mol. The summed E-state index contributed by atoms with van der Waals surface area (Å²) in [4.78, 5) is 43.3. The number of rotatable bonds is 2. The van der Waals surface area contributed by atoms with Gasteiger partial charge in [0.2, 0.25) is 0 Å². The summed E-state index contributed by atoms with van der Waals surface area (Å²) < 4.78 is 0. The molecule has 0 bridgehead atoms. The number of carbonyl (C=O) groups excluding carboxylic acids is 2. The van der Waals surface area contributed by atoms with E-state index in [4.69, 9.17) is 0 Å². The first-order valence-electron chi connectivity index (χ1n) is 7.69. The maximum Gasteiger partial charge on any atom is 0.274 e. The van der Waals surface area contributed by atoms with Gasteiger partial charge in [-0.15, -0.1) is 0 Å². The van der Waals surface area contributed by atoms with Gasteiger partial charge < -0.3 is 9.80 Å². The standard InChI is InChI=1S/C16H17N5O3/c22-14-5-4-13(18-19-14)16(24)21-8-2-7-20(9-10-21)15(23)12-3-1-6-17-11-12/h1,3-6,11H,2,7-10H2,(H,19,22). The van der Waals surface area contributed by atoms with E-state index in [2.05, 4.69) is 15.2 Å². The predicted molar refractivity (Wildman–Crippen MR) is 85.5 cm³/mol. The summed E-state index contributed by atoms with van der Waals surface area (Å²) in [6.07, 6.45) is 3.85. The number of nitrogens with zero attached hydrogens (tertiary/aromatic N) is 4. The van der Waals surface area contributed by atoms with Crippen molar-refractivity contribution >= 4 is 11.8 Å². The van der Waals surface area contributed by atoms with Gasteiger partial charge in [-0.05, 0) is 24.6 Å². The summed E-state index contributed by atoms with van der Waals surface area (Å²) in [6, 6.07) is 6.14. The number of aromatic amines is 1. The van der Waals surface area contributed by atoms with E-state index in [-0.39, 0.29) is 23.1 Å².